The zero-order valence-electron chi connectivity index (χ0n) is 15.8. The average Bonchev–Trinajstić information content (AvgIpc) is 3.03. The lowest BCUT2D eigenvalue weighted by Gasteiger charge is -2.36. The van der Waals surface area contributed by atoms with Crippen LogP contribution in [0.3, 0.4) is 0 Å². The number of hydrogen-bond donors (Lipinski definition) is 0. The lowest BCUT2D eigenvalue weighted by Crippen LogP contribution is -2.52. The van der Waals surface area contributed by atoms with Crippen LogP contribution in [0.2, 0.25) is 0 Å². The van der Waals surface area contributed by atoms with E-state index in [1.54, 1.807) is 16.1 Å². The van der Waals surface area contributed by atoms with Crippen molar-refractivity contribution in [3.8, 4) is 0 Å². The molecule has 0 bridgehead atoms. The van der Waals surface area contributed by atoms with E-state index in [9.17, 15) is 9.59 Å². The van der Waals surface area contributed by atoms with E-state index in [1.807, 2.05) is 56.5 Å². The zero-order valence-corrected chi connectivity index (χ0v) is 15.8. The van der Waals surface area contributed by atoms with Crippen molar-refractivity contribution >= 4 is 23.0 Å². The molecule has 26 heavy (non-hydrogen) atoms. The van der Waals surface area contributed by atoms with E-state index >= 15 is 0 Å². The van der Waals surface area contributed by atoms with Gasteiger partial charge < -0.3 is 19.1 Å². The Labute approximate surface area is 153 Å². The molecule has 1 aromatic carbocycles. The van der Waals surface area contributed by atoms with Crippen LogP contribution in [0.25, 0.3) is 11.0 Å². The number of carbonyl (C=O) groups excluding carboxylic acids is 2. The number of amides is 2. The van der Waals surface area contributed by atoms with Crippen LogP contribution in [0.4, 0.5) is 4.79 Å². The first-order valence-corrected chi connectivity index (χ1v) is 8.94. The number of carbonyl (C=O) groups is 2. The van der Waals surface area contributed by atoms with E-state index in [1.165, 1.54) is 0 Å². The maximum Gasteiger partial charge on any atom is 0.410 e. The number of imidazole rings is 1. The molecule has 140 valence electrons. The maximum absolute atomic E-state index is 12.9. The van der Waals surface area contributed by atoms with Gasteiger partial charge in [0.2, 0.25) is 5.91 Å². The molecule has 7 heteroatoms. The number of piperazine rings is 1. The summed E-state index contributed by atoms with van der Waals surface area (Å²) in [6.45, 7) is 9.42. The van der Waals surface area contributed by atoms with Gasteiger partial charge in [-0.2, -0.15) is 0 Å². The molecule has 3 rings (SSSR count). The molecule has 1 saturated heterocycles. The Morgan fingerprint density at radius 2 is 1.69 bits per heavy atom. The number of fused-ring (bicyclic) bond motifs is 1. The molecule has 0 spiro atoms. The molecule has 1 atom stereocenters. The molecule has 1 fully saturated rings. The van der Waals surface area contributed by atoms with Gasteiger partial charge in [0.05, 0.1) is 17.4 Å². The fourth-order valence-corrected chi connectivity index (χ4v) is 3.11. The summed E-state index contributed by atoms with van der Waals surface area (Å²) in [7, 11) is 0. The first-order valence-electron chi connectivity index (χ1n) is 8.94. The van der Waals surface area contributed by atoms with Crippen molar-refractivity contribution < 1.29 is 14.3 Å². The number of ether oxygens (including phenoxy) is 1. The van der Waals surface area contributed by atoms with Crippen LogP contribution in [-0.2, 0) is 9.53 Å². The van der Waals surface area contributed by atoms with E-state index < -0.39 is 5.60 Å². The standard InChI is InChI=1S/C19H26N4O3/c1-14(23-13-20-15-7-5-6-8-16(15)23)17(24)21-9-11-22(12-10-21)18(25)26-19(2,3)4/h5-8,13-14H,9-12H2,1-4H3/t14-/m1/s1. The quantitative estimate of drug-likeness (QED) is 0.828. The third-order valence-corrected chi connectivity index (χ3v) is 4.50. The molecule has 0 radical (unpaired) electrons. The number of hydrogen-bond acceptors (Lipinski definition) is 4. The Hall–Kier alpha value is -2.57. The average molecular weight is 358 g/mol. The van der Waals surface area contributed by atoms with Gasteiger partial charge in [0.25, 0.3) is 0 Å². The highest BCUT2D eigenvalue weighted by Crippen LogP contribution is 2.20. The van der Waals surface area contributed by atoms with Crippen LogP contribution in [0.15, 0.2) is 30.6 Å². The zero-order chi connectivity index (χ0) is 18.9. The topological polar surface area (TPSA) is 67.7 Å². The highest BCUT2D eigenvalue weighted by atomic mass is 16.6. The van der Waals surface area contributed by atoms with Crippen LogP contribution in [0.1, 0.15) is 33.7 Å². The summed E-state index contributed by atoms with van der Waals surface area (Å²) in [4.78, 5) is 32.9. The van der Waals surface area contributed by atoms with Gasteiger partial charge in [-0.05, 0) is 39.8 Å². The molecule has 1 aliphatic rings. The van der Waals surface area contributed by atoms with Gasteiger partial charge in [0, 0.05) is 26.2 Å². The second-order valence-electron chi connectivity index (χ2n) is 7.61. The van der Waals surface area contributed by atoms with Crippen molar-refractivity contribution in [3.63, 3.8) is 0 Å². The summed E-state index contributed by atoms with van der Waals surface area (Å²) in [5.74, 6) is 0.0389. The van der Waals surface area contributed by atoms with E-state index in [-0.39, 0.29) is 18.0 Å². The molecular weight excluding hydrogens is 332 g/mol. The number of aromatic nitrogens is 2. The lowest BCUT2D eigenvalue weighted by molar-refractivity contribution is -0.136. The molecule has 0 saturated carbocycles. The molecule has 2 amide bonds. The van der Waals surface area contributed by atoms with E-state index in [4.69, 9.17) is 4.74 Å². The number of rotatable bonds is 2. The van der Waals surface area contributed by atoms with E-state index in [2.05, 4.69) is 4.98 Å². The van der Waals surface area contributed by atoms with Crippen LogP contribution in [-0.4, -0.2) is 63.1 Å². The summed E-state index contributed by atoms with van der Waals surface area (Å²) in [6, 6.07) is 7.43. The Kier molecular flexibility index (Phi) is 4.89. The normalized spacial score (nSPS) is 16.6. The minimum atomic E-state index is -0.513. The monoisotopic (exact) mass is 358 g/mol. The van der Waals surface area contributed by atoms with Crippen molar-refractivity contribution in [1.82, 2.24) is 19.4 Å². The Morgan fingerprint density at radius 1 is 1.08 bits per heavy atom. The molecule has 0 unspecified atom stereocenters. The Balaban J connectivity index is 1.62. The maximum atomic E-state index is 12.9. The molecular formula is C19H26N4O3. The van der Waals surface area contributed by atoms with Gasteiger partial charge in [-0.3, -0.25) is 4.79 Å². The smallest absolute Gasteiger partial charge is 0.410 e. The van der Waals surface area contributed by atoms with Crippen LogP contribution in [0.5, 0.6) is 0 Å². The minimum absolute atomic E-state index is 0.0389. The predicted octanol–water partition coefficient (Wildman–Crippen LogP) is 2.68. The molecule has 0 N–H and O–H groups in total. The Morgan fingerprint density at radius 3 is 2.35 bits per heavy atom. The number of para-hydroxylation sites is 2. The van der Waals surface area contributed by atoms with Gasteiger partial charge >= 0.3 is 6.09 Å². The van der Waals surface area contributed by atoms with Crippen LogP contribution >= 0.6 is 0 Å². The third kappa shape index (κ3) is 3.81. The fourth-order valence-electron chi connectivity index (χ4n) is 3.11. The SMILES string of the molecule is C[C@H](C(=O)N1CCN(C(=O)OC(C)(C)C)CC1)n1cnc2ccccc21. The van der Waals surface area contributed by atoms with Gasteiger partial charge in [0.1, 0.15) is 11.6 Å². The number of nitrogens with zero attached hydrogens (tertiary/aromatic N) is 4. The fraction of sp³-hybridized carbons (Fsp3) is 0.526. The minimum Gasteiger partial charge on any atom is -0.444 e. The first kappa shape index (κ1) is 18.2. The van der Waals surface area contributed by atoms with Crippen LogP contribution < -0.4 is 0 Å². The highest BCUT2D eigenvalue weighted by Gasteiger charge is 2.30. The Bertz CT molecular complexity index is 800. The second-order valence-corrected chi connectivity index (χ2v) is 7.61. The summed E-state index contributed by atoms with van der Waals surface area (Å²) >= 11 is 0. The van der Waals surface area contributed by atoms with Crippen molar-refractivity contribution in [1.29, 1.82) is 0 Å². The first-order chi connectivity index (χ1) is 12.3. The molecule has 2 heterocycles. The molecule has 1 aromatic heterocycles. The van der Waals surface area contributed by atoms with E-state index in [0.717, 1.165) is 11.0 Å². The van der Waals surface area contributed by atoms with Crippen molar-refractivity contribution in [3.05, 3.63) is 30.6 Å². The summed E-state index contributed by atoms with van der Waals surface area (Å²) in [6.07, 6.45) is 1.39. The molecule has 7 nitrogen and oxygen atoms in total. The largest absolute Gasteiger partial charge is 0.444 e. The summed E-state index contributed by atoms with van der Waals surface area (Å²) in [5.41, 5.74) is 1.31. The van der Waals surface area contributed by atoms with Gasteiger partial charge in [-0.1, -0.05) is 12.1 Å². The number of benzene rings is 1. The predicted molar refractivity (Wildman–Crippen MR) is 98.8 cm³/mol. The van der Waals surface area contributed by atoms with Gasteiger partial charge in [0.15, 0.2) is 0 Å². The third-order valence-electron chi connectivity index (χ3n) is 4.50. The molecule has 0 aliphatic carbocycles. The van der Waals surface area contributed by atoms with Crippen molar-refractivity contribution in [2.45, 2.75) is 39.3 Å². The van der Waals surface area contributed by atoms with Gasteiger partial charge in [-0.25, -0.2) is 9.78 Å². The highest BCUT2D eigenvalue weighted by molar-refractivity contribution is 5.84. The summed E-state index contributed by atoms with van der Waals surface area (Å²) < 4.78 is 7.30. The lowest BCUT2D eigenvalue weighted by atomic mass is 10.2. The molecule has 1 aliphatic heterocycles. The van der Waals surface area contributed by atoms with Gasteiger partial charge in [-0.15, -0.1) is 0 Å². The molecule has 2 aromatic rings. The van der Waals surface area contributed by atoms with Crippen molar-refractivity contribution in [2.75, 3.05) is 26.2 Å². The summed E-state index contributed by atoms with van der Waals surface area (Å²) in [5, 5.41) is 0. The van der Waals surface area contributed by atoms with E-state index in [0.29, 0.717) is 26.2 Å². The second kappa shape index (κ2) is 6.97. The van der Waals surface area contributed by atoms with Crippen molar-refractivity contribution in [2.24, 2.45) is 0 Å². The van der Waals surface area contributed by atoms with Crippen LogP contribution in [0, 0.1) is 0 Å².